The topological polar surface area (TPSA) is 21.3 Å². The van der Waals surface area contributed by atoms with E-state index in [1.54, 1.807) is 0 Å². The van der Waals surface area contributed by atoms with Crippen LogP contribution in [-0.2, 0) is 6.42 Å². The fraction of sp³-hybridized carbons (Fsp3) is 0.400. The number of likely N-dealkylation sites (N-methyl/N-ethyl adjacent to an activating group) is 1. The quantitative estimate of drug-likeness (QED) is 0.856. The number of benzene rings is 1. The molecule has 0 saturated carbocycles. The smallest absolute Gasteiger partial charge is 0.137 e. The van der Waals surface area contributed by atoms with E-state index in [2.05, 4.69) is 27.3 Å². The number of fused-ring (bicyclic) bond motifs is 1. The van der Waals surface area contributed by atoms with Crippen molar-refractivity contribution in [3.8, 4) is 5.75 Å². The first-order valence-corrected chi connectivity index (χ1v) is 5.19. The van der Waals surface area contributed by atoms with Crippen LogP contribution in [0.1, 0.15) is 5.56 Å². The van der Waals surface area contributed by atoms with Crippen LogP contribution in [0, 0.1) is 0 Å². The van der Waals surface area contributed by atoms with Crippen molar-refractivity contribution >= 4 is 15.9 Å². The van der Waals surface area contributed by atoms with Crippen LogP contribution in [0.15, 0.2) is 22.7 Å². The summed E-state index contributed by atoms with van der Waals surface area (Å²) in [5.74, 6) is 1.02. The lowest BCUT2D eigenvalue weighted by Gasteiger charge is -2.09. The molecule has 0 aromatic heterocycles. The van der Waals surface area contributed by atoms with Crippen molar-refractivity contribution < 1.29 is 4.74 Å². The third kappa shape index (κ3) is 1.71. The maximum Gasteiger partial charge on any atom is 0.137 e. The first kappa shape index (κ1) is 9.03. The molecular weight excluding hydrogens is 230 g/mol. The summed E-state index contributed by atoms with van der Waals surface area (Å²) in [6, 6.07) is 6.18. The first-order valence-electron chi connectivity index (χ1n) is 4.40. The second-order valence-corrected chi connectivity index (χ2v) is 4.08. The Labute approximate surface area is 86.4 Å². The van der Waals surface area contributed by atoms with Gasteiger partial charge in [-0.3, -0.25) is 0 Å². The van der Waals surface area contributed by atoms with Crippen molar-refractivity contribution in [2.45, 2.75) is 12.5 Å². The lowest BCUT2D eigenvalue weighted by atomic mass is 10.1. The largest absolute Gasteiger partial charge is 0.487 e. The molecule has 3 heteroatoms. The van der Waals surface area contributed by atoms with Crippen molar-refractivity contribution in [3.63, 3.8) is 0 Å². The summed E-state index contributed by atoms with van der Waals surface area (Å²) >= 11 is 3.48. The first-order chi connectivity index (χ1) is 6.31. The van der Waals surface area contributed by atoms with Gasteiger partial charge in [0, 0.05) is 13.0 Å². The zero-order chi connectivity index (χ0) is 9.26. The van der Waals surface area contributed by atoms with Crippen molar-refractivity contribution in [1.82, 2.24) is 5.32 Å². The van der Waals surface area contributed by atoms with E-state index in [0.717, 1.165) is 23.2 Å². The van der Waals surface area contributed by atoms with E-state index in [1.165, 1.54) is 5.56 Å². The second kappa shape index (κ2) is 3.68. The van der Waals surface area contributed by atoms with E-state index in [0.29, 0.717) is 6.10 Å². The summed E-state index contributed by atoms with van der Waals surface area (Å²) in [6.45, 7) is 0.904. The van der Waals surface area contributed by atoms with E-state index in [9.17, 15) is 0 Å². The van der Waals surface area contributed by atoms with Gasteiger partial charge in [-0.05, 0) is 34.6 Å². The fourth-order valence-corrected chi connectivity index (χ4v) is 2.14. The lowest BCUT2D eigenvalue weighted by molar-refractivity contribution is 0.230. The number of nitrogens with one attached hydrogen (secondary N) is 1. The van der Waals surface area contributed by atoms with Crippen LogP contribution in [0.4, 0.5) is 0 Å². The number of hydrogen-bond acceptors (Lipinski definition) is 2. The van der Waals surface area contributed by atoms with Crippen LogP contribution in [0.5, 0.6) is 5.75 Å². The Hall–Kier alpha value is -0.540. The number of para-hydroxylation sites is 1. The fourth-order valence-electron chi connectivity index (χ4n) is 1.64. The molecule has 0 fully saturated rings. The Kier molecular flexibility index (Phi) is 2.56. The number of halogens is 1. The van der Waals surface area contributed by atoms with Gasteiger partial charge < -0.3 is 10.1 Å². The number of rotatable bonds is 2. The maximum absolute atomic E-state index is 5.77. The summed E-state index contributed by atoms with van der Waals surface area (Å²) < 4.78 is 6.83. The maximum atomic E-state index is 5.77. The van der Waals surface area contributed by atoms with Crippen LogP contribution in [0.25, 0.3) is 0 Å². The molecule has 0 saturated heterocycles. The molecule has 0 amide bonds. The van der Waals surface area contributed by atoms with Gasteiger partial charge in [0.15, 0.2) is 0 Å². The zero-order valence-electron chi connectivity index (χ0n) is 7.51. The van der Waals surface area contributed by atoms with Gasteiger partial charge in [-0.15, -0.1) is 0 Å². The van der Waals surface area contributed by atoms with Gasteiger partial charge in [-0.2, -0.15) is 0 Å². The minimum absolute atomic E-state index is 0.290. The summed E-state index contributed by atoms with van der Waals surface area (Å²) in [5, 5.41) is 3.12. The van der Waals surface area contributed by atoms with Gasteiger partial charge >= 0.3 is 0 Å². The van der Waals surface area contributed by atoms with Crippen LogP contribution in [-0.4, -0.2) is 19.7 Å². The normalized spacial score (nSPS) is 19.7. The van der Waals surface area contributed by atoms with Gasteiger partial charge in [0.2, 0.25) is 0 Å². The highest BCUT2D eigenvalue weighted by Crippen LogP contribution is 2.35. The average Bonchev–Trinajstić information content (AvgIpc) is 2.49. The molecule has 1 N–H and O–H groups in total. The minimum Gasteiger partial charge on any atom is -0.487 e. The van der Waals surface area contributed by atoms with Crippen molar-refractivity contribution in [2.24, 2.45) is 0 Å². The van der Waals surface area contributed by atoms with Gasteiger partial charge in [-0.1, -0.05) is 12.1 Å². The van der Waals surface area contributed by atoms with E-state index in [1.807, 2.05) is 19.2 Å². The molecule has 0 bridgehead atoms. The Bertz CT molecular complexity index is 314. The van der Waals surface area contributed by atoms with Gasteiger partial charge in [0.05, 0.1) is 4.47 Å². The standard InChI is InChI=1S/C10H12BrNO/c1-12-6-8-5-7-3-2-4-9(11)10(7)13-8/h2-4,8,12H,5-6H2,1H3. The average molecular weight is 242 g/mol. The molecule has 0 radical (unpaired) electrons. The summed E-state index contributed by atoms with van der Waals surface area (Å²) in [5.41, 5.74) is 1.30. The molecule has 1 aliphatic rings. The molecule has 1 aromatic carbocycles. The Morgan fingerprint density at radius 1 is 1.62 bits per heavy atom. The van der Waals surface area contributed by atoms with Gasteiger partial charge in [0.1, 0.15) is 11.9 Å². The molecule has 1 heterocycles. The molecule has 13 heavy (non-hydrogen) atoms. The predicted octanol–water partition coefficient (Wildman–Crippen LogP) is 1.97. The van der Waals surface area contributed by atoms with Crippen LogP contribution < -0.4 is 10.1 Å². The van der Waals surface area contributed by atoms with Crippen molar-refractivity contribution in [2.75, 3.05) is 13.6 Å². The molecule has 70 valence electrons. The second-order valence-electron chi connectivity index (χ2n) is 3.23. The monoisotopic (exact) mass is 241 g/mol. The summed E-state index contributed by atoms with van der Waals surface area (Å²) in [7, 11) is 1.95. The predicted molar refractivity (Wildman–Crippen MR) is 56.2 cm³/mol. The molecule has 0 spiro atoms. The molecule has 1 atom stereocenters. The van der Waals surface area contributed by atoms with E-state index < -0.39 is 0 Å². The number of hydrogen-bond donors (Lipinski definition) is 1. The van der Waals surface area contributed by atoms with E-state index >= 15 is 0 Å². The van der Waals surface area contributed by atoms with E-state index in [4.69, 9.17) is 4.74 Å². The minimum atomic E-state index is 0.290. The molecule has 0 aliphatic carbocycles. The Morgan fingerprint density at radius 3 is 3.15 bits per heavy atom. The van der Waals surface area contributed by atoms with Crippen LogP contribution >= 0.6 is 15.9 Å². The molecule has 1 aliphatic heterocycles. The third-order valence-electron chi connectivity index (χ3n) is 2.21. The SMILES string of the molecule is CNCC1Cc2cccc(Br)c2O1. The van der Waals surface area contributed by atoms with Gasteiger partial charge in [-0.25, -0.2) is 0 Å². The van der Waals surface area contributed by atoms with Gasteiger partial charge in [0.25, 0.3) is 0 Å². The molecule has 1 aromatic rings. The summed E-state index contributed by atoms with van der Waals surface area (Å²) in [4.78, 5) is 0. The Balaban J connectivity index is 2.20. The third-order valence-corrected chi connectivity index (χ3v) is 2.84. The van der Waals surface area contributed by atoms with Crippen molar-refractivity contribution in [1.29, 1.82) is 0 Å². The molecule has 1 unspecified atom stereocenters. The van der Waals surface area contributed by atoms with Crippen LogP contribution in [0.3, 0.4) is 0 Å². The highest BCUT2D eigenvalue weighted by Gasteiger charge is 2.23. The Morgan fingerprint density at radius 2 is 2.46 bits per heavy atom. The number of ether oxygens (including phenoxy) is 1. The zero-order valence-corrected chi connectivity index (χ0v) is 9.10. The highest BCUT2D eigenvalue weighted by molar-refractivity contribution is 9.10. The highest BCUT2D eigenvalue weighted by atomic mass is 79.9. The summed E-state index contributed by atoms with van der Waals surface area (Å²) in [6.07, 6.45) is 1.30. The van der Waals surface area contributed by atoms with Crippen LogP contribution in [0.2, 0.25) is 0 Å². The molecule has 2 rings (SSSR count). The lowest BCUT2D eigenvalue weighted by Crippen LogP contribution is -2.27. The molecular formula is C10H12BrNO. The molecule has 2 nitrogen and oxygen atoms in total. The van der Waals surface area contributed by atoms with E-state index in [-0.39, 0.29) is 0 Å². The van der Waals surface area contributed by atoms with Crippen molar-refractivity contribution in [3.05, 3.63) is 28.2 Å².